The monoisotopic (exact) mass is 335 g/mol. The molecule has 1 N–H and O–H groups in total. The van der Waals surface area contributed by atoms with Crippen LogP contribution in [0.2, 0.25) is 0 Å². The number of nitrogens with zero attached hydrogens (tertiary/aromatic N) is 4. The zero-order valence-corrected chi connectivity index (χ0v) is 14.7. The van der Waals surface area contributed by atoms with Crippen molar-refractivity contribution in [2.75, 3.05) is 56.1 Å². The molecule has 1 aliphatic heterocycles. The van der Waals surface area contributed by atoms with Crippen LogP contribution < -0.4 is 9.80 Å². The van der Waals surface area contributed by atoms with E-state index in [1.54, 1.807) is 0 Å². The fourth-order valence-corrected chi connectivity index (χ4v) is 3.54. The SMILES string of the molecule is CN(CCN1CCN(c2cccc3[nH]ccc23)CC1)c1ccccn1. The summed E-state index contributed by atoms with van der Waals surface area (Å²) in [4.78, 5) is 15.0. The van der Waals surface area contributed by atoms with E-state index in [9.17, 15) is 0 Å². The lowest BCUT2D eigenvalue weighted by atomic mass is 10.1. The van der Waals surface area contributed by atoms with Crippen LogP contribution in [0, 0.1) is 0 Å². The van der Waals surface area contributed by atoms with Gasteiger partial charge in [0.25, 0.3) is 0 Å². The second-order valence-electron chi connectivity index (χ2n) is 6.65. The lowest BCUT2D eigenvalue weighted by molar-refractivity contribution is 0.264. The molecule has 0 unspecified atom stereocenters. The Morgan fingerprint density at radius 3 is 2.72 bits per heavy atom. The summed E-state index contributed by atoms with van der Waals surface area (Å²) < 4.78 is 0. The van der Waals surface area contributed by atoms with E-state index in [1.807, 2.05) is 24.5 Å². The van der Waals surface area contributed by atoms with Gasteiger partial charge in [-0.05, 0) is 30.3 Å². The smallest absolute Gasteiger partial charge is 0.128 e. The molecule has 0 aliphatic carbocycles. The number of hydrogen-bond acceptors (Lipinski definition) is 4. The Bertz CT molecular complexity index is 805. The zero-order chi connectivity index (χ0) is 17.1. The van der Waals surface area contributed by atoms with Crippen LogP contribution in [-0.4, -0.2) is 61.2 Å². The highest BCUT2D eigenvalue weighted by Gasteiger charge is 2.19. The first-order valence-corrected chi connectivity index (χ1v) is 8.97. The number of hydrogen-bond donors (Lipinski definition) is 1. The number of pyridine rings is 1. The van der Waals surface area contributed by atoms with E-state index in [4.69, 9.17) is 0 Å². The van der Waals surface area contributed by atoms with Crippen LogP contribution in [-0.2, 0) is 0 Å². The number of benzene rings is 1. The predicted molar refractivity (Wildman–Crippen MR) is 104 cm³/mol. The topological polar surface area (TPSA) is 38.4 Å². The summed E-state index contributed by atoms with van der Waals surface area (Å²) in [6.45, 7) is 6.46. The average Bonchev–Trinajstić information content (AvgIpc) is 3.16. The Hall–Kier alpha value is -2.53. The van der Waals surface area contributed by atoms with E-state index in [0.717, 1.165) is 45.1 Å². The Kier molecular flexibility index (Phi) is 4.57. The lowest BCUT2D eigenvalue weighted by Crippen LogP contribution is -2.48. The van der Waals surface area contributed by atoms with Gasteiger partial charge in [0, 0.05) is 75.3 Å². The van der Waals surface area contributed by atoms with Crippen LogP contribution in [0.4, 0.5) is 11.5 Å². The minimum absolute atomic E-state index is 1.00. The highest BCUT2D eigenvalue weighted by molar-refractivity contribution is 5.92. The summed E-state index contributed by atoms with van der Waals surface area (Å²) in [6, 6.07) is 14.8. The van der Waals surface area contributed by atoms with E-state index < -0.39 is 0 Å². The summed E-state index contributed by atoms with van der Waals surface area (Å²) in [5, 5.41) is 1.32. The minimum atomic E-state index is 1.00. The van der Waals surface area contributed by atoms with E-state index in [2.05, 4.69) is 62.0 Å². The average molecular weight is 335 g/mol. The van der Waals surface area contributed by atoms with Crippen molar-refractivity contribution < 1.29 is 0 Å². The molecule has 5 heteroatoms. The van der Waals surface area contributed by atoms with Gasteiger partial charge in [-0.3, -0.25) is 4.90 Å². The van der Waals surface area contributed by atoms with Crippen LogP contribution in [0.3, 0.4) is 0 Å². The van der Waals surface area contributed by atoms with Gasteiger partial charge < -0.3 is 14.8 Å². The Labute approximate surface area is 148 Å². The molecular weight excluding hydrogens is 310 g/mol. The molecule has 0 spiro atoms. The fraction of sp³-hybridized carbons (Fsp3) is 0.350. The number of fused-ring (bicyclic) bond motifs is 1. The molecule has 3 heterocycles. The molecular formula is C20H25N5. The van der Waals surface area contributed by atoms with Gasteiger partial charge in [-0.2, -0.15) is 0 Å². The maximum atomic E-state index is 4.41. The van der Waals surface area contributed by atoms with Crippen LogP contribution in [0.1, 0.15) is 0 Å². The van der Waals surface area contributed by atoms with Gasteiger partial charge in [-0.15, -0.1) is 0 Å². The maximum absolute atomic E-state index is 4.41. The highest BCUT2D eigenvalue weighted by atomic mass is 15.3. The van der Waals surface area contributed by atoms with Crippen LogP contribution >= 0.6 is 0 Å². The third-order valence-electron chi connectivity index (χ3n) is 5.08. The molecule has 5 nitrogen and oxygen atoms in total. The van der Waals surface area contributed by atoms with Crippen molar-refractivity contribution in [1.29, 1.82) is 0 Å². The number of anilines is 2. The van der Waals surface area contributed by atoms with Crippen molar-refractivity contribution in [1.82, 2.24) is 14.9 Å². The number of nitrogens with one attached hydrogen (secondary N) is 1. The third-order valence-corrected chi connectivity index (χ3v) is 5.08. The van der Waals surface area contributed by atoms with E-state index in [-0.39, 0.29) is 0 Å². The fourth-order valence-electron chi connectivity index (χ4n) is 3.54. The molecule has 2 aromatic heterocycles. The molecule has 0 amide bonds. The largest absolute Gasteiger partial charge is 0.368 e. The molecule has 0 saturated carbocycles. The third kappa shape index (κ3) is 3.46. The Balaban J connectivity index is 1.32. The van der Waals surface area contributed by atoms with Crippen molar-refractivity contribution in [3.05, 3.63) is 54.9 Å². The van der Waals surface area contributed by atoms with Crippen molar-refractivity contribution >= 4 is 22.4 Å². The summed E-state index contributed by atoms with van der Waals surface area (Å²) in [5.41, 5.74) is 2.57. The number of piperazine rings is 1. The number of H-pyrrole nitrogens is 1. The quantitative estimate of drug-likeness (QED) is 0.778. The first-order chi connectivity index (χ1) is 12.3. The van der Waals surface area contributed by atoms with Gasteiger partial charge in [0.15, 0.2) is 0 Å². The molecule has 0 atom stereocenters. The maximum Gasteiger partial charge on any atom is 0.128 e. The van der Waals surface area contributed by atoms with E-state index in [1.165, 1.54) is 16.6 Å². The molecule has 130 valence electrons. The molecule has 1 saturated heterocycles. The molecule has 0 bridgehead atoms. The summed E-state index contributed by atoms with van der Waals surface area (Å²) in [5.74, 6) is 1.04. The first-order valence-electron chi connectivity index (χ1n) is 8.97. The van der Waals surface area contributed by atoms with E-state index >= 15 is 0 Å². The van der Waals surface area contributed by atoms with Crippen molar-refractivity contribution in [3.63, 3.8) is 0 Å². The lowest BCUT2D eigenvalue weighted by Gasteiger charge is -2.37. The number of likely N-dealkylation sites (N-methyl/N-ethyl adjacent to an activating group) is 1. The number of aromatic amines is 1. The van der Waals surface area contributed by atoms with Gasteiger partial charge in [0.05, 0.1) is 0 Å². The molecule has 4 rings (SSSR count). The van der Waals surface area contributed by atoms with Gasteiger partial charge in [0.2, 0.25) is 0 Å². The minimum Gasteiger partial charge on any atom is -0.368 e. The molecule has 1 fully saturated rings. The van der Waals surface area contributed by atoms with Gasteiger partial charge in [-0.1, -0.05) is 12.1 Å². The molecule has 25 heavy (non-hydrogen) atoms. The summed E-state index contributed by atoms with van der Waals surface area (Å²) in [6.07, 6.45) is 3.88. The van der Waals surface area contributed by atoms with Crippen LogP contribution in [0.5, 0.6) is 0 Å². The predicted octanol–water partition coefficient (Wildman–Crippen LogP) is 2.82. The number of rotatable bonds is 5. The summed E-state index contributed by atoms with van der Waals surface area (Å²) in [7, 11) is 2.12. The van der Waals surface area contributed by atoms with Gasteiger partial charge in [0.1, 0.15) is 5.82 Å². The first kappa shape index (κ1) is 16.0. The van der Waals surface area contributed by atoms with Crippen molar-refractivity contribution in [2.24, 2.45) is 0 Å². The molecule has 0 radical (unpaired) electrons. The molecule has 1 aliphatic rings. The highest BCUT2D eigenvalue weighted by Crippen LogP contribution is 2.26. The molecule has 1 aromatic carbocycles. The second-order valence-corrected chi connectivity index (χ2v) is 6.65. The zero-order valence-electron chi connectivity index (χ0n) is 14.7. The van der Waals surface area contributed by atoms with E-state index in [0.29, 0.717) is 0 Å². The Morgan fingerprint density at radius 1 is 1.04 bits per heavy atom. The normalized spacial score (nSPS) is 15.6. The van der Waals surface area contributed by atoms with Crippen LogP contribution in [0.15, 0.2) is 54.9 Å². The molecule has 3 aromatic rings. The Morgan fingerprint density at radius 2 is 1.92 bits per heavy atom. The van der Waals surface area contributed by atoms with Gasteiger partial charge in [-0.25, -0.2) is 4.98 Å². The second kappa shape index (κ2) is 7.15. The number of aromatic nitrogens is 2. The van der Waals surface area contributed by atoms with Gasteiger partial charge >= 0.3 is 0 Å². The van der Waals surface area contributed by atoms with Crippen molar-refractivity contribution in [3.8, 4) is 0 Å². The summed E-state index contributed by atoms with van der Waals surface area (Å²) >= 11 is 0. The van der Waals surface area contributed by atoms with Crippen molar-refractivity contribution in [2.45, 2.75) is 0 Å². The standard InChI is InChI=1S/C20H25N5/c1-23(20-7-2-3-9-22-20)11-12-24-13-15-25(16-14-24)19-6-4-5-18-17(19)8-10-21-18/h2-10,21H,11-16H2,1H3. The van der Waals surface area contributed by atoms with Crippen LogP contribution in [0.25, 0.3) is 10.9 Å².